The normalized spacial score (nSPS) is 10.7. The van der Waals surface area contributed by atoms with Crippen molar-refractivity contribution in [3.8, 4) is 16.9 Å². The summed E-state index contributed by atoms with van der Waals surface area (Å²) >= 11 is 0. The third kappa shape index (κ3) is 3.80. The number of methoxy groups -OCH3 is 1. The fourth-order valence-corrected chi connectivity index (χ4v) is 3.36. The molecule has 0 saturated carbocycles. The summed E-state index contributed by atoms with van der Waals surface area (Å²) in [6.07, 6.45) is 3.53. The van der Waals surface area contributed by atoms with Crippen molar-refractivity contribution in [2.75, 3.05) is 7.11 Å². The molecule has 3 aromatic carbocycles. The van der Waals surface area contributed by atoms with Gasteiger partial charge in [-0.1, -0.05) is 36.4 Å². The topological polar surface area (TPSA) is 51.2 Å². The molecule has 4 aromatic rings. The number of benzene rings is 3. The Bertz CT molecular complexity index is 1190. The van der Waals surface area contributed by atoms with Gasteiger partial charge in [-0.25, -0.2) is 4.39 Å². The van der Waals surface area contributed by atoms with Crippen LogP contribution in [0.2, 0.25) is 0 Å². The second-order valence-corrected chi connectivity index (χ2v) is 6.59. The van der Waals surface area contributed by atoms with Gasteiger partial charge in [0, 0.05) is 24.3 Å². The number of rotatable bonds is 5. The lowest BCUT2D eigenvalue weighted by molar-refractivity contribution is 0.0947. The highest BCUT2D eigenvalue weighted by atomic mass is 19.1. The molecule has 0 aliphatic carbocycles. The van der Waals surface area contributed by atoms with Gasteiger partial charge in [0.15, 0.2) is 0 Å². The molecule has 0 bridgehead atoms. The largest absolute Gasteiger partial charge is 0.497 e. The van der Waals surface area contributed by atoms with E-state index in [9.17, 15) is 9.18 Å². The molecule has 0 atom stereocenters. The maximum Gasteiger partial charge on any atom is 0.254 e. The number of nitrogens with one attached hydrogen (secondary N) is 1. The molecule has 0 unspecified atom stereocenters. The smallest absolute Gasteiger partial charge is 0.254 e. The second-order valence-electron chi connectivity index (χ2n) is 6.59. The number of fused-ring (bicyclic) bond motifs is 1. The molecule has 1 amide bonds. The Hall–Kier alpha value is -3.73. The van der Waals surface area contributed by atoms with E-state index in [1.807, 2.05) is 42.5 Å². The quantitative estimate of drug-likeness (QED) is 0.526. The van der Waals surface area contributed by atoms with Crippen molar-refractivity contribution >= 4 is 16.7 Å². The fraction of sp³-hybridized carbons (Fsp3) is 0.0833. The van der Waals surface area contributed by atoms with Crippen molar-refractivity contribution in [1.82, 2.24) is 10.3 Å². The first-order chi connectivity index (χ1) is 14.2. The summed E-state index contributed by atoms with van der Waals surface area (Å²) in [7, 11) is 1.64. The molecule has 1 heterocycles. The molecule has 0 aliphatic rings. The van der Waals surface area contributed by atoms with Gasteiger partial charge >= 0.3 is 0 Å². The zero-order chi connectivity index (χ0) is 20.2. The van der Waals surface area contributed by atoms with Crippen molar-refractivity contribution < 1.29 is 13.9 Å². The lowest BCUT2D eigenvalue weighted by Gasteiger charge is -2.13. The summed E-state index contributed by atoms with van der Waals surface area (Å²) in [5.74, 6) is -0.201. The van der Waals surface area contributed by atoms with E-state index in [2.05, 4.69) is 10.3 Å². The Morgan fingerprint density at radius 3 is 2.72 bits per heavy atom. The molecule has 0 fully saturated rings. The molecular formula is C24H19FN2O2. The van der Waals surface area contributed by atoms with E-state index in [0.29, 0.717) is 0 Å². The van der Waals surface area contributed by atoms with Gasteiger partial charge in [0.2, 0.25) is 0 Å². The van der Waals surface area contributed by atoms with E-state index in [0.717, 1.165) is 33.2 Å². The molecule has 5 heteroatoms. The SMILES string of the molecule is COc1cccc(-c2ccc(CNC(=O)c3ccccc3F)c3cnccc23)c1. The predicted molar refractivity (Wildman–Crippen MR) is 111 cm³/mol. The van der Waals surface area contributed by atoms with Crippen molar-refractivity contribution in [3.05, 3.63) is 96.1 Å². The van der Waals surface area contributed by atoms with E-state index >= 15 is 0 Å². The minimum atomic E-state index is -0.537. The van der Waals surface area contributed by atoms with Crippen molar-refractivity contribution in [1.29, 1.82) is 0 Å². The average molecular weight is 386 g/mol. The molecule has 4 rings (SSSR count). The van der Waals surface area contributed by atoms with Crippen LogP contribution in [0.1, 0.15) is 15.9 Å². The van der Waals surface area contributed by atoms with E-state index in [4.69, 9.17) is 4.74 Å². The minimum absolute atomic E-state index is 0.0305. The first kappa shape index (κ1) is 18.6. The monoisotopic (exact) mass is 386 g/mol. The number of halogens is 1. The van der Waals surface area contributed by atoms with Crippen LogP contribution >= 0.6 is 0 Å². The number of carbonyl (C=O) groups excluding carboxylic acids is 1. The maximum absolute atomic E-state index is 13.8. The summed E-state index contributed by atoms with van der Waals surface area (Å²) < 4.78 is 19.2. The minimum Gasteiger partial charge on any atom is -0.497 e. The van der Waals surface area contributed by atoms with Crippen molar-refractivity contribution in [3.63, 3.8) is 0 Å². The zero-order valence-electron chi connectivity index (χ0n) is 15.9. The van der Waals surface area contributed by atoms with Gasteiger partial charge in [0.25, 0.3) is 5.91 Å². The summed E-state index contributed by atoms with van der Waals surface area (Å²) in [6.45, 7) is 0.272. The first-order valence-corrected chi connectivity index (χ1v) is 9.20. The zero-order valence-corrected chi connectivity index (χ0v) is 15.9. The van der Waals surface area contributed by atoms with E-state index in [1.165, 1.54) is 12.1 Å². The number of carbonyl (C=O) groups is 1. The Balaban J connectivity index is 1.67. The number of hydrogen-bond acceptors (Lipinski definition) is 3. The molecule has 1 N–H and O–H groups in total. The Morgan fingerprint density at radius 1 is 1.03 bits per heavy atom. The van der Waals surface area contributed by atoms with Gasteiger partial charge < -0.3 is 10.1 Å². The standard InChI is InChI=1S/C24H19FN2O2/c1-29-18-6-4-5-16(13-18)19-10-9-17(22-15-26-12-11-20(19)22)14-27-24(28)21-7-2-3-8-23(21)25/h2-13,15H,14H2,1H3,(H,27,28). The van der Waals surface area contributed by atoms with Gasteiger partial charge in [-0.2, -0.15) is 0 Å². The Kier molecular flexibility index (Phi) is 5.20. The summed E-state index contributed by atoms with van der Waals surface area (Å²) in [5, 5.41) is 4.75. The third-order valence-electron chi connectivity index (χ3n) is 4.85. The van der Waals surface area contributed by atoms with Crippen LogP contribution in [0.4, 0.5) is 4.39 Å². The highest BCUT2D eigenvalue weighted by molar-refractivity contribution is 5.99. The van der Waals surface area contributed by atoms with Gasteiger partial charge in [-0.05, 0) is 52.4 Å². The predicted octanol–water partition coefficient (Wildman–Crippen LogP) is 4.98. The van der Waals surface area contributed by atoms with E-state index < -0.39 is 11.7 Å². The highest BCUT2D eigenvalue weighted by Crippen LogP contribution is 2.32. The molecular weight excluding hydrogens is 367 g/mol. The summed E-state index contributed by atoms with van der Waals surface area (Å²) in [4.78, 5) is 16.6. The number of amides is 1. The van der Waals surface area contributed by atoms with Crippen LogP contribution in [-0.2, 0) is 6.54 Å². The first-order valence-electron chi connectivity index (χ1n) is 9.20. The van der Waals surface area contributed by atoms with E-state index in [1.54, 1.807) is 31.6 Å². The number of pyridine rings is 1. The molecule has 0 spiro atoms. The molecule has 4 nitrogen and oxygen atoms in total. The van der Waals surface area contributed by atoms with Gasteiger partial charge in [0.05, 0.1) is 12.7 Å². The molecule has 0 saturated heterocycles. The summed E-state index contributed by atoms with van der Waals surface area (Å²) in [6, 6.07) is 19.7. The number of ether oxygens (including phenoxy) is 1. The molecule has 0 radical (unpaired) electrons. The van der Waals surface area contributed by atoms with Gasteiger partial charge in [-0.3, -0.25) is 9.78 Å². The average Bonchev–Trinajstić information content (AvgIpc) is 2.77. The van der Waals surface area contributed by atoms with Crippen molar-refractivity contribution in [2.45, 2.75) is 6.54 Å². The van der Waals surface area contributed by atoms with Crippen LogP contribution in [0.5, 0.6) is 5.75 Å². The Labute approximate surface area is 168 Å². The van der Waals surface area contributed by atoms with Gasteiger partial charge in [-0.15, -0.1) is 0 Å². The Morgan fingerprint density at radius 2 is 1.90 bits per heavy atom. The van der Waals surface area contributed by atoms with E-state index in [-0.39, 0.29) is 12.1 Å². The van der Waals surface area contributed by atoms with Crippen molar-refractivity contribution in [2.24, 2.45) is 0 Å². The number of nitrogens with zero attached hydrogens (tertiary/aromatic N) is 1. The lowest BCUT2D eigenvalue weighted by Crippen LogP contribution is -2.23. The number of aromatic nitrogens is 1. The second kappa shape index (κ2) is 8.10. The van der Waals surface area contributed by atoms with Crippen LogP contribution in [-0.4, -0.2) is 18.0 Å². The van der Waals surface area contributed by atoms with Crippen LogP contribution in [0, 0.1) is 5.82 Å². The van der Waals surface area contributed by atoms with Crippen LogP contribution in [0.25, 0.3) is 21.9 Å². The van der Waals surface area contributed by atoms with Crippen LogP contribution in [0.15, 0.2) is 79.1 Å². The summed E-state index contributed by atoms with van der Waals surface area (Å²) in [5.41, 5.74) is 3.01. The van der Waals surface area contributed by atoms with Crippen LogP contribution < -0.4 is 10.1 Å². The lowest BCUT2D eigenvalue weighted by atomic mass is 9.96. The number of hydrogen-bond donors (Lipinski definition) is 1. The molecule has 0 aliphatic heterocycles. The van der Waals surface area contributed by atoms with Gasteiger partial charge in [0.1, 0.15) is 11.6 Å². The molecule has 144 valence electrons. The molecule has 1 aromatic heterocycles. The van der Waals surface area contributed by atoms with Crippen LogP contribution in [0.3, 0.4) is 0 Å². The maximum atomic E-state index is 13.8. The highest BCUT2D eigenvalue weighted by Gasteiger charge is 2.13. The third-order valence-corrected chi connectivity index (χ3v) is 4.85. The molecule has 29 heavy (non-hydrogen) atoms. The fourth-order valence-electron chi connectivity index (χ4n) is 3.36.